The van der Waals surface area contributed by atoms with Gasteiger partial charge in [-0.2, -0.15) is 5.10 Å². The van der Waals surface area contributed by atoms with Crippen molar-refractivity contribution in [2.75, 3.05) is 78.1 Å². The molecule has 0 spiro atoms. The monoisotopic (exact) mass is 555 g/mol. The Kier molecular flexibility index (Phi) is 13.4. The fourth-order valence-electron chi connectivity index (χ4n) is 4.32. The molecular formula is C28H41N7O3S. The normalized spacial score (nSPS) is 14.9. The SMILES string of the molecule is CCN(CCNC)CCOC.O=C/C=C/c1nc(-c2cccc3c2CC=NNC3)nc(N2CCOCC2)c1S. The third-order valence-electron chi connectivity index (χ3n) is 6.53. The molecule has 0 radical (unpaired) electrons. The van der Waals surface area contributed by atoms with Crippen LogP contribution in [0, 0.1) is 0 Å². The first kappa shape index (κ1) is 30.7. The molecule has 0 amide bonds. The van der Waals surface area contributed by atoms with E-state index in [1.54, 1.807) is 13.2 Å². The van der Waals surface area contributed by atoms with E-state index in [1.165, 1.54) is 11.6 Å². The topological polar surface area (TPSA) is 104 Å². The maximum absolute atomic E-state index is 10.9. The Morgan fingerprint density at radius 1 is 1.26 bits per heavy atom. The van der Waals surface area contributed by atoms with Crippen molar-refractivity contribution in [1.82, 2.24) is 25.6 Å². The van der Waals surface area contributed by atoms with Gasteiger partial charge in [0.15, 0.2) is 5.82 Å². The van der Waals surface area contributed by atoms with Crippen molar-refractivity contribution in [2.24, 2.45) is 5.10 Å². The van der Waals surface area contributed by atoms with Crippen LogP contribution in [0.3, 0.4) is 0 Å². The van der Waals surface area contributed by atoms with Gasteiger partial charge in [-0.3, -0.25) is 4.79 Å². The third-order valence-corrected chi connectivity index (χ3v) is 6.96. The van der Waals surface area contributed by atoms with Crippen molar-refractivity contribution >= 4 is 37.0 Å². The number of hydrazone groups is 1. The van der Waals surface area contributed by atoms with Gasteiger partial charge in [0.2, 0.25) is 0 Å². The van der Waals surface area contributed by atoms with Crippen LogP contribution < -0.4 is 15.6 Å². The Morgan fingerprint density at radius 3 is 2.79 bits per heavy atom. The lowest BCUT2D eigenvalue weighted by atomic mass is 9.98. The summed E-state index contributed by atoms with van der Waals surface area (Å²) in [5.74, 6) is 1.39. The molecular weight excluding hydrogens is 514 g/mol. The second kappa shape index (κ2) is 17.0. The molecule has 0 aliphatic carbocycles. The van der Waals surface area contributed by atoms with Gasteiger partial charge in [-0.05, 0) is 36.9 Å². The standard InChI is InChI=1S/C20H21N5O2S.C8H20N2O/c26-10-2-5-17-18(28)20(25-8-11-27-12-9-25)24-19(23-17)16-4-1-3-14-13-22-21-7-6-15(14)16;1-4-10(6-5-9-2)7-8-11-3/h1-5,7,10,22,28H,6,8-9,11-13H2;9H,4-8H2,1-3H3/b5-2+;. The van der Waals surface area contributed by atoms with E-state index in [1.807, 2.05) is 25.4 Å². The first-order chi connectivity index (χ1) is 19.1. The molecule has 2 N–H and O–H groups in total. The first-order valence-corrected chi connectivity index (χ1v) is 13.8. The van der Waals surface area contributed by atoms with E-state index in [-0.39, 0.29) is 0 Å². The summed E-state index contributed by atoms with van der Waals surface area (Å²) < 4.78 is 10.5. The number of benzene rings is 1. The van der Waals surface area contributed by atoms with Gasteiger partial charge in [0.1, 0.15) is 12.1 Å². The van der Waals surface area contributed by atoms with E-state index in [9.17, 15) is 4.79 Å². The van der Waals surface area contributed by atoms with Gasteiger partial charge in [-0.15, -0.1) is 12.6 Å². The Morgan fingerprint density at radius 2 is 2.08 bits per heavy atom. The summed E-state index contributed by atoms with van der Waals surface area (Å²) in [6, 6.07) is 6.12. The summed E-state index contributed by atoms with van der Waals surface area (Å²) in [7, 11) is 3.72. The minimum atomic E-state index is 0.622. The van der Waals surface area contributed by atoms with Gasteiger partial charge in [0, 0.05) is 58.0 Å². The van der Waals surface area contributed by atoms with Gasteiger partial charge in [0.05, 0.1) is 37.0 Å². The molecule has 0 saturated carbocycles. The number of hydrogen-bond donors (Lipinski definition) is 3. The summed E-state index contributed by atoms with van der Waals surface area (Å²) in [5.41, 5.74) is 6.96. The summed E-state index contributed by atoms with van der Waals surface area (Å²) in [4.78, 5) is 25.6. The number of thiol groups is 1. The van der Waals surface area contributed by atoms with Crippen LogP contribution in [0.2, 0.25) is 0 Å². The lowest BCUT2D eigenvalue weighted by Gasteiger charge is -2.29. The summed E-state index contributed by atoms with van der Waals surface area (Å²) in [5, 5.41) is 7.31. The number of likely N-dealkylation sites (N-methyl/N-ethyl adjacent to an activating group) is 2. The van der Waals surface area contributed by atoms with Crippen LogP contribution in [0.5, 0.6) is 0 Å². The van der Waals surface area contributed by atoms with Crippen molar-refractivity contribution < 1.29 is 14.3 Å². The molecule has 1 aromatic carbocycles. The highest BCUT2D eigenvalue weighted by Crippen LogP contribution is 2.32. The highest BCUT2D eigenvalue weighted by Gasteiger charge is 2.21. The van der Waals surface area contributed by atoms with E-state index in [2.05, 4.69) is 51.3 Å². The molecule has 10 nitrogen and oxygen atoms in total. The number of morpholine rings is 1. The van der Waals surface area contributed by atoms with E-state index in [0.717, 1.165) is 69.1 Å². The number of fused-ring (bicyclic) bond motifs is 1. The van der Waals surface area contributed by atoms with E-state index in [4.69, 9.17) is 19.4 Å². The number of aromatic nitrogens is 2. The van der Waals surface area contributed by atoms with Gasteiger partial charge < -0.3 is 30.0 Å². The van der Waals surface area contributed by atoms with Crippen LogP contribution in [0.1, 0.15) is 23.7 Å². The van der Waals surface area contributed by atoms with Crippen LogP contribution in [0.25, 0.3) is 17.5 Å². The molecule has 11 heteroatoms. The molecule has 1 fully saturated rings. The lowest BCUT2D eigenvalue weighted by Crippen LogP contribution is -2.37. The maximum atomic E-state index is 10.9. The molecule has 0 unspecified atom stereocenters. The molecule has 212 valence electrons. The summed E-state index contributed by atoms with van der Waals surface area (Å²) >= 11 is 4.66. The number of nitrogens with zero attached hydrogens (tertiary/aromatic N) is 5. The first-order valence-electron chi connectivity index (χ1n) is 13.4. The van der Waals surface area contributed by atoms with Crippen LogP contribution in [-0.4, -0.2) is 101 Å². The zero-order valence-corrected chi connectivity index (χ0v) is 24.1. The average Bonchev–Trinajstić information content (AvgIpc) is 3.23. The number of hydrogen-bond acceptors (Lipinski definition) is 11. The molecule has 39 heavy (non-hydrogen) atoms. The Balaban J connectivity index is 0.000000325. The molecule has 0 bridgehead atoms. The molecule has 4 rings (SSSR count). The van der Waals surface area contributed by atoms with Gasteiger partial charge >= 0.3 is 0 Å². The van der Waals surface area contributed by atoms with Gasteiger partial charge in [-0.1, -0.05) is 25.1 Å². The predicted molar refractivity (Wildman–Crippen MR) is 160 cm³/mol. The van der Waals surface area contributed by atoms with Gasteiger partial charge in [0.25, 0.3) is 0 Å². The Labute approximate surface area is 237 Å². The minimum absolute atomic E-state index is 0.622. The molecule has 0 atom stereocenters. The average molecular weight is 556 g/mol. The number of allylic oxidation sites excluding steroid dienone is 1. The molecule has 2 aliphatic rings. The van der Waals surface area contributed by atoms with Crippen molar-refractivity contribution in [2.45, 2.75) is 24.8 Å². The molecule has 2 aliphatic heterocycles. The minimum Gasteiger partial charge on any atom is -0.383 e. The van der Waals surface area contributed by atoms with Crippen LogP contribution >= 0.6 is 12.6 Å². The second-order valence-corrected chi connectivity index (χ2v) is 9.47. The molecule has 1 aromatic heterocycles. The Bertz CT molecular complexity index is 1100. The summed E-state index contributed by atoms with van der Waals surface area (Å²) in [6.45, 7) is 10.7. The number of rotatable bonds is 11. The Hall–Kier alpha value is -2.83. The fourth-order valence-corrected chi connectivity index (χ4v) is 4.64. The van der Waals surface area contributed by atoms with Crippen LogP contribution in [-0.2, 0) is 27.2 Å². The van der Waals surface area contributed by atoms with Crippen molar-refractivity contribution in [1.29, 1.82) is 0 Å². The number of ether oxygens (including phenoxy) is 2. The molecule has 3 heterocycles. The zero-order chi connectivity index (χ0) is 27.9. The number of nitrogens with one attached hydrogen (secondary N) is 2. The number of carbonyl (C=O) groups excluding carboxylic acids is 1. The largest absolute Gasteiger partial charge is 0.383 e. The maximum Gasteiger partial charge on any atom is 0.162 e. The fraction of sp³-hybridized carbons (Fsp3) is 0.500. The van der Waals surface area contributed by atoms with Gasteiger partial charge in [-0.25, -0.2) is 9.97 Å². The smallest absolute Gasteiger partial charge is 0.162 e. The van der Waals surface area contributed by atoms with Crippen molar-refractivity contribution in [3.8, 4) is 11.4 Å². The lowest BCUT2D eigenvalue weighted by molar-refractivity contribution is -0.104. The number of aldehydes is 1. The zero-order valence-electron chi connectivity index (χ0n) is 23.2. The van der Waals surface area contributed by atoms with Crippen LogP contribution in [0.15, 0.2) is 34.3 Å². The highest BCUT2D eigenvalue weighted by atomic mass is 32.1. The second-order valence-electron chi connectivity index (χ2n) is 9.02. The molecule has 1 saturated heterocycles. The van der Waals surface area contributed by atoms with Crippen molar-refractivity contribution in [3.63, 3.8) is 0 Å². The number of carbonyl (C=O) groups is 1. The predicted octanol–water partition coefficient (Wildman–Crippen LogP) is 2.29. The quantitative estimate of drug-likeness (QED) is 0.219. The van der Waals surface area contributed by atoms with Crippen molar-refractivity contribution in [3.05, 3.63) is 41.1 Å². The third kappa shape index (κ3) is 9.11. The number of anilines is 1. The number of methoxy groups -OCH3 is 1. The highest BCUT2D eigenvalue weighted by molar-refractivity contribution is 7.80. The van der Waals surface area contributed by atoms with Crippen LogP contribution in [0.4, 0.5) is 5.82 Å². The summed E-state index contributed by atoms with van der Waals surface area (Å²) in [6.07, 6.45) is 6.40. The van der Waals surface area contributed by atoms with E-state index < -0.39 is 0 Å². The van der Waals surface area contributed by atoms with E-state index >= 15 is 0 Å². The molecule has 2 aromatic rings. The van der Waals surface area contributed by atoms with E-state index in [0.29, 0.717) is 42.6 Å².